The summed E-state index contributed by atoms with van der Waals surface area (Å²) in [5.41, 5.74) is 0. The van der Waals surface area contributed by atoms with Crippen LogP contribution in [0.5, 0.6) is 5.88 Å². The van der Waals surface area contributed by atoms with Gasteiger partial charge in [-0.05, 0) is 26.3 Å². The van der Waals surface area contributed by atoms with Crippen molar-refractivity contribution in [2.24, 2.45) is 5.92 Å². The highest BCUT2D eigenvalue weighted by atomic mass is 16.5. The van der Waals surface area contributed by atoms with E-state index in [2.05, 4.69) is 34.0 Å². The van der Waals surface area contributed by atoms with Crippen molar-refractivity contribution in [1.82, 2.24) is 15.3 Å². The molecule has 0 fully saturated rings. The van der Waals surface area contributed by atoms with Crippen molar-refractivity contribution >= 4 is 5.82 Å². The van der Waals surface area contributed by atoms with Gasteiger partial charge in [0.15, 0.2) is 5.82 Å². The Balaban J connectivity index is 2.45. The quantitative estimate of drug-likeness (QED) is 0.729. The molecule has 0 radical (unpaired) electrons. The molecule has 0 saturated carbocycles. The van der Waals surface area contributed by atoms with E-state index in [1.54, 1.807) is 12.4 Å². The maximum absolute atomic E-state index is 5.55. The van der Waals surface area contributed by atoms with E-state index in [1.807, 2.05) is 20.9 Å². The lowest BCUT2D eigenvalue weighted by Gasteiger charge is -2.19. The largest absolute Gasteiger partial charge is 0.474 e. The molecule has 1 rings (SSSR count). The van der Waals surface area contributed by atoms with Gasteiger partial charge in [0.25, 0.3) is 0 Å². The fourth-order valence-electron chi connectivity index (χ4n) is 1.57. The molecule has 0 aliphatic carbocycles. The van der Waals surface area contributed by atoms with Crippen LogP contribution >= 0.6 is 0 Å². The molecule has 0 aliphatic heterocycles. The fourth-order valence-corrected chi connectivity index (χ4v) is 1.57. The maximum atomic E-state index is 5.55. The van der Waals surface area contributed by atoms with Gasteiger partial charge in [-0.25, -0.2) is 0 Å². The first-order valence-electron chi connectivity index (χ1n) is 6.89. The van der Waals surface area contributed by atoms with Crippen LogP contribution in [0.4, 0.5) is 5.82 Å². The third-order valence-corrected chi connectivity index (χ3v) is 2.52. The summed E-state index contributed by atoms with van der Waals surface area (Å²) in [5, 5.41) is 3.41. The highest BCUT2D eigenvalue weighted by Crippen LogP contribution is 2.13. The van der Waals surface area contributed by atoms with Gasteiger partial charge in [0, 0.05) is 20.1 Å². The fraction of sp³-hybridized carbons (Fsp3) is 0.714. The SMILES string of the molecule is CC(C)CNCCN(C)c1cncc(OC(C)C)n1. The zero-order valence-electron chi connectivity index (χ0n) is 12.7. The highest BCUT2D eigenvalue weighted by molar-refractivity contribution is 5.36. The van der Waals surface area contributed by atoms with Gasteiger partial charge in [-0.1, -0.05) is 13.8 Å². The summed E-state index contributed by atoms with van der Waals surface area (Å²) in [4.78, 5) is 10.7. The summed E-state index contributed by atoms with van der Waals surface area (Å²) in [6, 6.07) is 0. The number of rotatable bonds is 8. The molecule has 0 aliphatic rings. The van der Waals surface area contributed by atoms with Crippen molar-refractivity contribution in [1.29, 1.82) is 0 Å². The van der Waals surface area contributed by atoms with Crippen molar-refractivity contribution in [3.63, 3.8) is 0 Å². The number of nitrogens with zero attached hydrogens (tertiary/aromatic N) is 3. The molecular weight excluding hydrogens is 240 g/mol. The number of likely N-dealkylation sites (N-methyl/N-ethyl adjacent to an activating group) is 1. The summed E-state index contributed by atoms with van der Waals surface area (Å²) >= 11 is 0. The molecule has 1 aromatic heterocycles. The summed E-state index contributed by atoms with van der Waals surface area (Å²) in [5.74, 6) is 2.09. The minimum absolute atomic E-state index is 0.113. The smallest absolute Gasteiger partial charge is 0.234 e. The molecule has 0 unspecified atom stereocenters. The second-order valence-electron chi connectivity index (χ2n) is 5.40. The predicted molar refractivity (Wildman–Crippen MR) is 78.8 cm³/mol. The minimum atomic E-state index is 0.113. The Morgan fingerprint density at radius 3 is 2.63 bits per heavy atom. The number of anilines is 1. The van der Waals surface area contributed by atoms with Crippen molar-refractivity contribution in [3.05, 3.63) is 12.4 Å². The molecular formula is C14H26N4O. The average molecular weight is 266 g/mol. The van der Waals surface area contributed by atoms with Crippen LogP contribution in [0.25, 0.3) is 0 Å². The van der Waals surface area contributed by atoms with Crippen molar-refractivity contribution in [3.8, 4) is 5.88 Å². The Hall–Kier alpha value is -1.36. The summed E-state index contributed by atoms with van der Waals surface area (Å²) in [6.07, 6.45) is 3.52. The zero-order valence-corrected chi connectivity index (χ0v) is 12.7. The van der Waals surface area contributed by atoms with E-state index >= 15 is 0 Å². The number of nitrogens with one attached hydrogen (secondary N) is 1. The Kier molecular flexibility index (Phi) is 6.56. The highest BCUT2D eigenvalue weighted by Gasteiger charge is 2.06. The van der Waals surface area contributed by atoms with E-state index in [-0.39, 0.29) is 6.10 Å². The molecule has 0 bridgehead atoms. The van der Waals surface area contributed by atoms with Gasteiger partial charge in [0.05, 0.1) is 18.5 Å². The third-order valence-electron chi connectivity index (χ3n) is 2.52. The first kappa shape index (κ1) is 15.7. The molecule has 5 nitrogen and oxygen atoms in total. The molecule has 19 heavy (non-hydrogen) atoms. The lowest BCUT2D eigenvalue weighted by Crippen LogP contribution is -2.31. The van der Waals surface area contributed by atoms with Crippen LogP contribution in [0.3, 0.4) is 0 Å². The van der Waals surface area contributed by atoms with Crippen LogP contribution in [-0.4, -0.2) is 42.8 Å². The molecule has 0 amide bonds. The van der Waals surface area contributed by atoms with Gasteiger partial charge in [0.1, 0.15) is 0 Å². The Bertz CT molecular complexity index is 368. The van der Waals surface area contributed by atoms with Crippen LogP contribution < -0.4 is 15.0 Å². The van der Waals surface area contributed by atoms with Gasteiger partial charge in [-0.3, -0.25) is 4.98 Å². The first-order chi connectivity index (χ1) is 8.99. The maximum Gasteiger partial charge on any atom is 0.234 e. The van der Waals surface area contributed by atoms with E-state index in [0.717, 1.165) is 25.5 Å². The van der Waals surface area contributed by atoms with Crippen molar-refractivity contribution < 1.29 is 4.74 Å². The molecule has 0 spiro atoms. The van der Waals surface area contributed by atoms with Gasteiger partial charge >= 0.3 is 0 Å². The Morgan fingerprint density at radius 1 is 1.26 bits per heavy atom. The molecule has 108 valence electrons. The Morgan fingerprint density at radius 2 is 2.00 bits per heavy atom. The monoisotopic (exact) mass is 266 g/mol. The second-order valence-corrected chi connectivity index (χ2v) is 5.40. The van der Waals surface area contributed by atoms with E-state index < -0.39 is 0 Å². The normalized spacial score (nSPS) is 11.1. The van der Waals surface area contributed by atoms with Crippen LogP contribution in [0.2, 0.25) is 0 Å². The van der Waals surface area contributed by atoms with Gasteiger partial charge < -0.3 is 15.0 Å². The van der Waals surface area contributed by atoms with Crippen LogP contribution in [0.15, 0.2) is 12.4 Å². The molecule has 0 atom stereocenters. The summed E-state index contributed by atoms with van der Waals surface area (Å²) in [7, 11) is 2.01. The number of ether oxygens (including phenoxy) is 1. The van der Waals surface area contributed by atoms with Crippen molar-refractivity contribution in [2.45, 2.75) is 33.8 Å². The molecule has 1 aromatic rings. The van der Waals surface area contributed by atoms with Crippen LogP contribution in [0.1, 0.15) is 27.7 Å². The van der Waals surface area contributed by atoms with E-state index in [9.17, 15) is 0 Å². The first-order valence-corrected chi connectivity index (χ1v) is 6.89. The van der Waals surface area contributed by atoms with Crippen LogP contribution in [0, 0.1) is 5.92 Å². The molecule has 0 aromatic carbocycles. The summed E-state index contributed by atoms with van der Waals surface area (Å²) in [6.45, 7) is 11.2. The molecule has 5 heteroatoms. The molecule has 0 saturated heterocycles. The van der Waals surface area contributed by atoms with E-state index in [4.69, 9.17) is 4.74 Å². The number of aromatic nitrogens is 2. The van der Waals surface area contributed by atoms with Gasteiger partial charge in [-0.2, -0.15) is 4.98 Å². The van der Waals surface area contributed by atoms with E-state index in [0.29, 0.717) is 11.8 Å². The van der Waals surface area contributed by atoms with E-state index in [1.165, 1.54) is 0 Å². The Labute approximate surface area is 116 Å². The van der Waals surface area contributed by atoms with Gasteiger partial charge in [0.2, 0.25) is 5.88 Å². The topological polar surface area (TPSA) is 50.3 Å². The second kappa shape index (κ2) is 7.94. The van der Waals surface area contributed by atoms with Crippen LogP contribution in [-0.2, 0) is 0 Å². The zero-order chi connectivity index (χ0) is 14.3. The average Bonchev–Trinajstić information content (AvgIpc) is 2.33. The predicted octanol–water partition coefficient (Wildman–Crippen LogP) is 1.95. The minimum Gasteiger partial charge on any atom is -0.474 e. The standard InChI is InChI=1S/C14H26N4O/c1-11(2)8-15-6-7-18(5)13-9-16-10-14(17-13)19-12(3)4/h9-12,15H,6-8H2,1-5H3. The lowest BCUT2D eigenvalue weighted by molar-refractivity contribution is 0.231. The third kappa shape index (κ3) is 6.38. The lowest BCUT2D eigenvalue weighted by atomic mass is 10.2. The van der Waals surface area contributed by atoms with Gasteiger partial charge in [-0.15, -0.1) is 0 Å². The molecule has 1 N–H and O–H groups in total. The summed E-state index contributed by atoms with van der Waals surface area (Å²) < 4.78 is 5.55. The number of hydrogen-bond acceptors (Lipinski definition) is 5. The van der Waals surface area contributed by atoms with Crippen molar-refractivity contribution in [2.75, 3.05) is 31.6 Å². The molecule has 1 heterocycles. The number of hydrogen-bond donors (Lipinski definition) is 1.